The molecule has 1 aliphatic heterocycles. The maximum absolute atomic E-state index is 13.0. The van der Waals surface area contributed by atoms with Crippen LogP contribution in [0.25, 0.3) is 10.9 Å². The Bertz CT molecular complexity index is 1130. The molecule has 1 aromatic heterocycles. The Labute approximate surface area is 183 Å². The van der Waals surface area contributed by atoms with Crippen LogP contribution in [-0.4, -0.2) is 56.2 Å². The number of H-pyrrole nitrogens is 1. The van der Waals surface area contributed by atoms with E-state index in [1.54, 1.807) is 25.1 Å². The van der Waals surface area contributed by atoms with Crippen LogP contribution in [0, 0.1) is 5.92 Å². The average Bonchev–Trinajstić information content (AvgIpc) is 3.53. The van der Waals surface area contributed by atoms with Crippen molar-refractivity contribution in [3.05, 3.63) is 39.4 Å². The second-order valence-corrected chi connectivity index (χ2v) is 8.72. The zero-order valence-electron chi connectivity index (χ0n) is 17.4. The molecule has 31 heavy (non-hydrogen) atoms. The van der Waals surface area contributed by atoms with Crippen LogP contribution in [0.5, 0.6) is 0 Å². The number of imide groups is 1. The van der Waals surface area contributed by atoms with Gasteiger partial charge in [0.15, 0.2) is 0 Å². The second kappa shape index (κ2) is 7.96. The summed E-state index contributed by atoms with van der Waals surface area (Å²) in [5, 5.41) is 3.60. The number of benzene rings is 1. The van der Waals surface area contributed by atoms with Gasteiger partial charge in [-0.3, -0.25) is 19.3 Å². The summed E-state index contributed by atoms with van der Waals surface area (Å²) in [5.41, 5.74) is -0.823. The number of aromatic amines is 1. The molecule has 1 atom stereocenters. The predicted octanol–water partition coefficient (Wildman–Crippen LogP) is 2.04. The van der Waals surface area contributed by atoms with Gasteiger partial charge >= 0.3 is 6.03 Å². The van der Waals surface area contributed by atoms with Crippen LogP contribution in [0.15, 0.2) is 23.0 Å². The van der Waals surface area contributed by atoms with Gasteiger partial charge in [0, 0.05) is 11.6 Å². The number of urea groups is 1. The average molecular weight is 446 g/mol. The number of fused-ring (bicyclic) bond motifs is 1. The van der Waals surface area contributed by atoms with Gasteiger partial charge in [-0.2, -0.15) is 0 Å². The minimum Gasteiger partial charge on any atom is -0.334 e. The minimum atomic E-state index is -0.933. The van der Waals surface area contributed by atoms with Gasteiger partial charge in [-0.05, 0) is 50.3 Å². The molecule has 9 nitrogen and oxygen atoms in total. The summed E-state index contributed by atoms with van der Waals surface area (Å²) < 4.78 is 0. The molecule has 2 heterocycles. The van der Waals surface area contributed by atoms with Crippen LogP contribution in [0.1, 0.15) is 38.9 Å². The summed E-state index contributed by atoms with van der Waals surface area (Å²) in [6, 6.07) is 4.25. The Balaban J connectivity index is 1.53. The maximum Gasteiger partial charge on any atom is 0.325 e. The third-order valence-corrected chi connectivity index (χ3v) is 6.13. The van der Waals surface area contributed by atoms with Crippen molar-refractivity contribution in [3.63, 3.8) is 0 Å². The van der Waals surface area contributed by atoms with Gasteiger partial charge in [0.05, 0.1) is 17.4 Å². The molecule has 0 spiro atoms. The van der Waals surface area contributed by atoms with Gasteiger partial charge in [-0.15, -0.1) is 0 Å². The first-order valence-electron chi connectivity index (χ1n) is 10.3. The number of hydrogen-bond donors (Lipinski definition) is 2. The summed E-state index contributed by atoms with van der Waals surface area (Å²) in [7, 11) is 0. The predicted molar refractivity (Wildman–Crippen MR) is 114 cm³/mol. The Kier molecular flexibility index (Phi) is 5.47. The Morgan fingerprint density at radius 1 is 1.32 bits per heavy atom. The van der Waals surface area contributed by atoms with Gasteiger partial charge < -0.3 is 15.2 Å². The van der Waals surface area contributed by atoms with Gasteiger partial charge in [0.1, 0.15) is 17.9 Å². The highest BCUT2D eigenvalue weighted by molar-refractivity contribution is 6.31. The van der Waals surface area contributed by atoms with Gasteiger partial charge in [0.25, 0.3) is 11.5 Å². The highest BCUT2D eigenvalue weighted by Gasteiger charge is 2.56. The van der Waals surface area contributed by atoms with E-state index in [0.717, 1.165) is 17.7 Å². The first kappa shape index (κ1) is 21.3. The molecule has 1 saturated carbocycles. The smallest absolute Gasteiger partial charge is 0.325 e. The number of nitrogens with zero attached hydrogens (tertiary/aromatic N) is 3. The minimum absolute atomic E-state index is 0.0495. The maximum atomic E-state index is 13.0. The summed E-state index contributed by atoms with van der Waals surface area (Å²) >= 11 is 6.01. The first-order valence-corrected chi connectivity index (χ1v) is 10.7. The number of hydrogen-bond acceptors (Lipinski definition) is 5. The number of halogens is 1. The molecule has 164 valence electrons. The van der Waals surface area contributed by atoms with E-state index in [1.807, 2.05) is 6.92 Å². The molecule has 0 bridgehead atoms. The molecule has 2 fully saturated rings. The molecule has 0 radical (unpaired) electrons. The Morgan fingerprint density at radius 3 is 2.74 bits per heavy atom. The van der Waals surface area contributed by atoms with E-state index in [0.29, 0.717) is 34.7 Å². The number of amides is 4. The zero-order chi connectivity index (χ0) is 22.3. The Morgan fingerprint density at radius 2 is 2.06 bits per heavy atom. The van der Waals surface area contributed by atoms with Crippen molar-refractivity contribution in [1.29, 1.82) is 0 Å². The first-order chi connectivity index (χ1) is 14.7. The van der Waals surface area contributed by atoms with Gasteiger partial charge in [0.2, 0.25) is 5.91 Å². The lowest BCUT2D eigenvalue weighted by atomic mass is 9.96. The van der Waals surface area contributed by atoms with Crippen LogP contribution in [0.3, 0.4) is 0 Å². The van der Waals surface area contributed by atoms with Crippen molar-refractivity contribution in [2.75, 3.05) is 13.1 Å². The van der Waals surface area contributed by atoms with Crippen molar-refractivity contribution >= 4 is 40.3 Å². The third-order valence-electron chi connectivity index (χ3n) is 5.89. The molecule has 0 unspecified atom stereocenters. The topological polar surface area (TPSA) is 115 Å². The molecular formula is C21H24ClN5O4. The number of aromatic nitrogens is 2. The summed E-state index contributed by atoms with van der Waals surface area (Å²) in [6.45, 7) is 3.72. The van der Waals surface area contributed by atoms with E-state index < -0.39 is 11.6 Å². The van der Waals surface area contributed by atoms with E-state index in [-0.39, 0.29) is 36.4 Å². The molecule has 4 rings (SSSR count). The quantitative estimate of drug-likeness (QED) is 0.633. The SMILES string of the molecule is CCCN(Cc1nc2cc(Cl)ccc2c(=O)[nH]1)C(=O)CN1C(=O)N[C@@](C)(C2CC2)C1=O. The monoisotopic (exact) mass is 445 g/mol. The van der Waals surface area contributed by atoms with Crippen LogP contribution in [0.2, 0.25) is 5.02 Å². The van der Waals surface area contributed by atoms with Crippen LogP contribution in [-0.2, 0) is 16.1 Å². The third kappa shape index (κ3) is 4.01. The number of carbonyl (C=O) groups is 3. The lowest BCUT2D eigenvalue weighted by Crippen LogP contribution is -2.47. The Hall–Kier alpha value is -2.94. The highest BCUT2D eigenvalue weighted by atomic mass is 35.5. The van der Waals surface area contributed by atoms with Crippen molar-refractivity contribution in [2.24, 2.45) is 5.92 Å². The van der Waals surface area contributed by atoms with Crippen LogP contribution >= 0.6 is 11.6 Å². The van der Waals surface area contributed by atoms with E-state index in [4.69, 9.17) is 11.6 Å². The molecule has 1 saturated heterocycles. The number of rotatable bonds is 7. The molecule has 2 aliphatic rings. The fourth-order valence-electron chi connectivity index (χ4n) is 4.01. The van der Waals surface area contributed by atoms with Crippen LogP contribution in [0.4, 0.5) is 4.79 Å². The van der Waals surface area contributed by atoms with Gasteiger partial charge in [-0.25, -0.2) is 9.78 Å². The van der Waals surface area contributed by atoms with Gasteiger partial charge in [-0.1, -0.05) is 18.5 Å². The lowest BCUT2D eigenvalue weighted by Gasteiger charge is -2.24. The van der Waals surface area contributed by atoms with Crippen molar-refractivity contribution in [2.45, 2.75) is 45.2 Å². The zero-order valence-corrected chi connectivity index (χ0v) is 18.2. The normalized spacial score (nSPS) is 20.9. The molecule has 1 aromatic carbocycles. The van der Waals surface area contributed by atoms with E-state index in [2.05, 4.69) is 15.3 Å². The summed E-state index contributed by atoms with van der Waals surface area (Å²) in [5.74, 6) is -0.327. The fourth-order valence-corrected chi connectivity index (χ4v) is 4.18. The van der Waals surface area contributed by atoms with E-state index in [9.17, 15) is 19.2 Å². The van der Waals surface area contributed by atoms with Crippen LogP contribution < -0.4 is 10.9 Å². The highest BCUT2D eigenvalue weighted by Crippen LogP contribution is 2.42. The van der Waals surface area contributed by atoms with Crippen molar-refractivity contribution < 1.29 is 14.4 Å². The largest absolute Gasteiger partial charge is 0.334 e. The molecule has 10 heteroatoms. The van der Waals surface area contributed by atoms with Crippen molar-refractivity contribution in [1.82, 2.24) is 25.1 Å². The van der Waals surface area contributed by atoms with E-state index in [1.165, 1.54) is 4.90 Å². The van der Waals surface area contributed by atoms with Crippen molar-refractivity contribution in [3.8, 4) is 0 Å². The fraction of sp³-hybridized carbons (Fsp3) is 0.476. The molecule has 2 aromatic rings. The lowest BCUT2D eigenvalue weighted by molar-refractivity contribution is -0.139. The molecule has 2 N–H and O–H groups in total. The number of carbonyl (C=O) groups excluding carboxylic acids is 3. The molecular weight excluding hydrogens is 422 g/mol. The summed E-state index contributed by atoms with van der Waals surface area (Å²) in [6.07, 6.45) is 2.43. The standard InChI is InChI=1S/C21H24ClN5O4/c1-3-8-26(10-16-23-15-9-13(22)6-7-14(15)18(29)24-16)17(28)11-27-19(30)21(2,12-4-5-12)25-20(27)31/h6-7,9,12H,3-5,8,10-11H2,1-2H3,(H,25,31)(H,23,24,29)/t21-/m0/s1. The molecule has 1 aliphatic carbocycles. The molecule has 4 amide bonds. The van der Waals surface area contributed by atoms with E-state index >= 15 is 0 Å². The number of nitrogens with one attached hydrogen (secondary N) is 2. The second-order valence-electron chi connectivity index (χ2n) is 8.29. The summed E-state index contributed by atoms with van der Waals surface area (Å²) in [4.78, 5) is 60.2.